The highest BCUT2D eigenvalue weighted by Gasteiger charge is 2.26. The van der Waals surface area contributed by atoms with Crippen LogP contribution in [-0.2, 0) is 0 Å². The standard InChI is InChI=1S/C29H38F3N5OS/c1-4-38-19-10-11-23(30)27(12-19)39-37-26-14-24(31)20(13-25(26)32)28(35)22(16-34)29(36-17(2)3)21(15-33)18-8-6-5-7-9-18/h10-15,17-18,37H,4-9,16,33-35H2,1-3H3/b21-15-,28-22-,36-29?. The van der Waals surface area contributed by atoms with Gasteiger partial charge in [-0.15, -0.1) is 0 Å². The average Bonchev–Trinajstić information content (AvgIpc) is 2.91. The Morgan fingerprint density at radius 3 is 2.44 bits per heavy atom. The van der Waals surface area contributed by atoms with E-state index < -0.39 is 17.5 Å². The molecule has 1 saturated carbocycles. The number of nitrogens with one attached hydrogen (secondary N) is 1. The first kappa shape index (κ1) is 30.4. The van der Waals surface area contributed by atoms with Gasteiger partial charge in [0.2, 0.25) is 0 Å². The third kappa shape index (κ3) is 7.73. The minimum atomic E-state index is -0.760. The maximum atomic E-state index is 15.4. The third-order valence-electron chi connectivity index (χ3n) is 6.53. The lowest BCUT2D eigenvalue weighted by Crippen LogP contribution is -2.26. The van der Waals surface area contributed by atoms with Gasteiger partial charge in [-0.25, -0.2) is 13.2 Å². The number of hydrogen-bond acceptors (Lipinski definition) is 7. The second-order valence-electron chi connectivity index (χ2n) is 9.67. The summed E-state index contributed by atoms with van der Waals surface area (Å²) in [4.78, 5) is 4.95. The summed E-state index contributed by atoms with van der Waals surface area (Å²) < 4.78 is 52.8. The van der Waals surface area contributed by atoms with Crippen LogP contribution in [0.1, 0.15) is 58.4 Å². The summed E-state index contributed by atoms with van der Waals surface area (Å²) >= 11 is 0.807. The van der Waals surface area contributed by atoms with Gasteiger partial charge in [0.1, 0.15) is 23.2 Å². The van der Waals surface area contributed by atoms with Crippen LogP contribution in [0.2, 0.25) is 0 Å². The fraction of sp³-hybridized carbons (Fsp3) is 0.414. The number of rotatable bonds is 11. The van der Waals surface area contributed by atoms with Crippen LogP contribution in [0.5, 0.6) is 5.75 Å². The number of hydrogen-bond donors (Lipinski definition) is 4. The third-order valence-corrected chi connectivity index (χ3v) is 7.39. The lowest BCUT2D eigenvalue weighted by atomic mass is 9.80. The molecule has 0 atom stereocenters. The SMILES string of the molecule is CCOc1ccc(F)c(SNc2cc(F)c(/C(N)=C(\CN)C(=NC(C)C)/C(=C\N)C3CCCCC3)cc2F)c1. The zero-order valence-corrected chi connectivity index (χ0v) is 23.5. The molecule has 0 aromatic heterocycles. The molecule has 0 amide bonds. The van der Waals surface area contributed by atoms with Crippen LogP contribution >= 0.6 is 11.9 Å². The molecule has 10 heteroatoms. The molecule has 0 saturated heterocycles. The summed E-state index contributed by atoms with van der Waals surface area (Å²) in [5, 5.41) is 0. The minimum absolute atomic E-state index is 0.00174. The van der Waals surface area contributed by atoms with E-state index in [9.17, 15) is 4.39 Å². The van der Waals surface area contributed by atoms with Gasteiger partial charge in [-0.3, -0.25) is 4.99 Å². The molecule has 2 aromatic rings. The van der Waals surface area contributed by atoms with Gasteiger partial charge in [0.05, 0.1) is 22.9 Å². The van der Waals surface area contributed by atoms with E-state index in [1.165, 1.54) is 24.6 Å². The molecule has 212 valence electrons. The number of halogens is 3. The molecule has 6 nitrogen and oxygen atoms in total. The molecule has 0 heterocycles. The van der Waals surface area contributed by atoms with Crippen molar-refractivity contribution in [1.82, 2.24) is 0 Å². The first-order valence-electron chi connectivity index (χ1n) is 13.2. The predicted octanol–water partition coefficient (Wildman–Crippen LogP) is 6.52. The second-order valence-corrected chi connectivity index (χ2v) is 10.5. The van der Waals surface area contributed by atoms with Gasteiger partial charge in [-0.2, -0.15) is 0 Å². The van der Waals surface area contributed by atoms with Crippen molar-refractivity contribution < 1.29 is 17.9 Å². The molecule has 1 aliphatic rings. The van der Waals surface area contributed by atoms with Gasteiger partial charge in [0.15, 0.2) is 0 Å². The van der Waals surface area contributed by atoms with Crippen molar-refractivity contribution in [1.29, 1.82) is 0 Å². The number of aliphatic imine (C=N–C) groups is 1. The largest absolute Gasteiger partial charge is 0.494 e. The van der Waals surface area contributed by atoms with E-state index in [2.05, 4.69) is 4.72 Å². The molecular formula is C29H38F3N5OS. The van der Waals surface area contributed by atoms with Crippen LogP contribution < -0.4 is 26.7 Å². The summed E-state index contributed by atoms with van der Waals surface area (Å²) in [5.41, 5.74) is 20.1. The number of anilines is 1. The first-order chi connectivity index (χ1) is 18.7. The Labute approximate surface area is 233 Å². The van der Waals surface area contributed by atoms with Crippen LogP contribution in [0, 0.1) is 23.4 Å². The van der Waals surface area contributed by atoms with Crippen LogP contribution in [0.15, 0.2) is 57.6 Å². The van der Waals surface area contributed by atoms with Crippen molar-refractivity contribution in [3.63, 3.8) is 0 Å². The maximum absolute atomic E-state index is 15.4. The lowest BCUT2D eigenvalue weighted by molar-refractivity contribution is 0.338. The molecular weight excluding hydrogens is 523 g/mol. The van der Waals surface area contributed by atoms with Gasteiger partial charge < -0.3 is 26.7 Å². The molecule has 0 bridgehead atoms. The highest BCUT2D eigenvalue weighted by Crippen LogP contribution is 2.34. The molecule has 0 spiro atoms. The Morgan fingerprint density at radius 2 is 1.82 bits per heavy atom. The van der Waals surface area contributed by atoms with Gasteiger partial charge in [0, 0.05) is 35.5 Å². The van der Waals surface area contributed by atoms with Crippen molar-refractivity contribution >= 4 is 29.0 Å². The normalized spacial score (nSPS) is 15.9. The molecule has 0 radical (unpaired) electrons. The molecule has 0 unspecified atom stereocenters. The van der Waals surface area contributed by atoms with E-state index in [0.29, 0.717) is 23.6 Å². The number of ether oxygens (including phenoxy) is 1. The number of nitrogens with zero attached hydrogens (tertiary/aromatic N) is 1. The second kappa shape index (κ2) is 14.3. The summed E-state index contributed by atoms with van der Waals surface area (Å²) in [6.45, 7) is 6.03. The minimum Gasteiger partial charge on any atom is -0.494 e. The Kier molecular flexibility index (Phi) is 11.2. The quantitative estimate of drug-likeness (QED) is 0.184. The highest BCUT2D eigenvalue weighted by atomic mass is 32.2. The molecule has 1 fully saturated rings. The fourth-order valence-electron chi connectivity index (χ4n) is 4.66. The van der Waals surface area contributed by atoms with Crippen molar-refractivity contribution in [2.75, 3.05) is 17.9 Å². The van der Waals surface area contributed by atoms with Crippen molar-refractivity contribution in [2.24, 2.45) is 28.1 Å². The summed E-state index contributed by atoms with van der Waals surface area (Å²) in [6, 6.07) is 6.14. The van der Waals surface area contributed by atoms with Crippen molar-refractivity contribution in [3.05, 3.63) is 70.7 Å². The van der Waals surface area contributed by atoms with Gasteiger partial charge >= 0.3 is 0 Å². The van der Waals surface area contributed by atoms with E-state index in [1.54, 1.807) is 6.20 Å². The van der Waals surface area contributed by atoms with Gasteiger partial charge in [0.25, 0.3) is 0 Å². The average molecular weight is 562 g/mol. The van der Waals surface area contributed by atoms with E-state index in [0.717, 1.165) is 55.3 Å². The zero-order chi connectivity index (χ0) is 28.5. The zero-order valence-electron chi connectivity index (χ0n) is 22.7. The Hall–Kier alpha value is -3.11. The summed E-state index contributed by atoms with van der Waals surface area (Å²) in [5.74, 6) is -1.38. The monoisotopic (exact) mass is 561 g/mol. The van der Waals surface area contributed by atoms with Gasteiger partial charge in [-0.05, 0) is 87.5 Å². The van der Waals surface area contributed by atoms with E-state index in [4.69, 9.17) is 26.9 Å². The number of nitrogens with two attached hydrogens (primary N) is 3. The molecule has 0 aliphatic heterocycles. The summed E-state index contributed by atoms with van der Waals surface area (Å²) in [6.07, 6.45) is 6.81. The Bertz CT molecular complexity index is 1240. The van der Waals surface area contributed by atoms with E-state index in [-0.39, 0.29) is 40.3 Å². The van der Waals surface area contributed by atoms with Crippen molar-refractivity contribution in [2.45, 2.75) is 63.8 Å². The molecule has 1 aliphatic carbocycles. The predicted molar refractivity (Wildman–Crippen MR) is 155 cm³/mol. The fourth-order valence-corrected chi connectivity index (χ4v) is 5.38. The van der Waals surface area contributed by atoms with Crippen LogP contribution in [0.25, 0.3) is 5.70 Å². The molecule has 39 heavy (non-hydrogen) atoms. The van der Waals surface area contributed by atoms with E-state index in [1.807, 2.05) is 20.8 Å². The van der Waals surface area contributed by atoms with Crippen LogP contribution in [0.4, 0.5) is 18.9 Å². The van der Waals surface area contributed by atoms with Crippen LogP contribution in [0.3, 0.4) is 0 Å². The Balaban J connectivity index is 1.96. The smallest absolute Gasteiger partial charge is 0.148 e. The number of allylic oxidation sites excluding steroid dienone is 1. The lowest BCUT2D eigenvalue weighted by Gasteiger charge is -2.27. The molecule has 7 N–H and O–H groups in total. The van der Waals surface area contributed by atoms with Gasteiger partial charge in [-0.1, -0.05) is 19.3 Å². The summed E-state index contributed by atoms with van der Waals surface area (Å²) in [7, 11) is 0. The topological polar surface area (TPSA) is 112 Å². The number of benzene rings is 2. The highest BCUT2D eigenvalue weighted by molar-refractivity contribution is 8.00. The first-order valence-corrected chi connectivity index (χ1v) is 14.0. The molecule has 2 aromatic carbocycles. The molecule has 3 rings (SSSR count). The van der Waals surface area contributed by atoms with Crippen LogP contribution in [-0.4, -0.2) is 24.9 Å². The maximum Gasteiger partial charge on any atom is 0.148 e. The van der Waals surface area contributed by atoms with E-state index >= 15 is 8.78 Å². The Morgan fingerprint density at radius 1 is 1.10 bits per heavy atom. The van der Waals surface area contributed by atoms with Crippen molar-refractivity contribution in [3.8, 4) is 5.75 Å².